The summed E-state index contributed by atoms with van der Waals surface area (Å²) in [5.74, 6) is 1.46. The van der Waals surface area contributed by atoms with Crippen molar-refractivity contribution in [3.05, 3.63) is 34.6 Å². The van der Waals surface area contributed by atoms with Crippen molar-refractivity contribution in [2.24, 2.45) is 0 Å². The number of para-hydroxylation sites is 1. The van der Waals surface area contributed by atoms with Crippen LogP contribution in [0.1, 0.15) is 43.1 Å². The maximum atomic E-state index is 4.73. The number of rotatable bonds is 6. The van der Waals surface area contributed by atoms with Crippen LogP contribution < -0.4 is 4.90 Å². The molecule has 122 valence electrons. The summed E-state index contributed by atoms with van der Waals surface area (Å²) < 4.78 is 0. The van der Waals surface area contributed by atoms with E-state index >= 15 is 0 Å². The summed E-state index contributed by atoms with van der Waals surface area (Å²) in [5, 5.41) is 10.7. The molecule has 5 nitrogen and oxygen atoms in total. The molecule has 0 aliphatic carbocycles. The fourth-order valence-corrected chi connectivity index (χ4v) is 3.50. The summed E-state index contributed by atoms with van der Waals surface area (Å²) in [7, 11) is 0. The molecule has 0 saturated carbocycles. The Balaban J connectivity index is 1.72. The molecule has 3 rings (SSSR count). The van der Waals surface area contributed by atoms with E-state index in [2.05, 4.69) is 66.0 Å². The van der Waals surface area contributed by atoms with Gasteiger partial charge in [-0.3, -0.25) is 0 Å². The maximum Gasteiger partial charge on any atom is 0.208 e. The van der Waals surface area contributed by atoms with E-state index in [1.165, 1.54) is 5.56 Å². The highest BCUT2D eigenvalue weighted by Gasteiger charge is 2.14. The largest absolute Gasteiger partial charge is 0.346 e. The number of fused-ring (bicyclic) bond motifs is 1. The van der Waals surface area contributed by atoms with Crippen LogP contribution in [0.3, 0.4) is 0 Å². The van der Waals surface area contributed by atoms with Crippen LogP contribution in [0.5, 0.6) is 0 Å². The normalized spacial score (nSPS) is 11.5. The van der Waals surface area contributed by atoms with Crippen molar-refractivity contribution in [1.82, 2.24) is 20.2 Å². The third-order valence-electron chi connectivity index (χ3n) is 3.96. The van der Waals surface area contributed by atoms with E-state index in [0.29, 0.717) is 5.92 Å². The molecule has 0 fully saturated rings. The van der Waals surface area contributed by atoms with E-state index in [9.17, 15) is 0 Å². The summed E-state index contributed by atoms with van der Waals surface area (Å²) in [6.45, 7) is 10.4. The van der Waals surface area contributed by atoms with Gasteiger partial charge in [0.05, 0.1) is 11.0 Å². The minimum Gasteiger partial charge on any atom is -0.346 e. The highest BCUT2D eigenvalue weighted by Crippen LogP contribution is 2.25. The van der Waals surface area contributed by atoms with Crippen molar-refractivity contribution in [1.29, 1.82) is 0 Å². The molecule has 0 amide bonds. The number of imidazole rings is 1. The van der Waals surface area contributed by atoms with E-state index < -0.39 is 0 Å². The number of nitrogens with one attached hydrogen (secondary N) is 1. The van der Waals surface area contributed by atoms with Crippen LogP contribution in [0.25, 0.3) is 11.0 Å². The zero-order chi connectivity index (χ0) is 16.4. The summed E-state index contributed by atoms with van der Waals surface area (Å²) in [4.78, 5) is 10.4. The molecule has 0 radical (unpaired) electrons. The molecular formula is C17H23N5S. The predicted molar refractivity (Wildman–Crippen MR) is 96.4 cm³/mol. The summed E-state index contributed by atoms with van der Waals surface area (Å²) in [5.41, 5.74) is 3.40. The first-order valence-electron chi connectivity index (χ1n) is 8.11. The van der Waals surface area contributed by atoms with Gasteiger partial charge in [-0.1, -0.05) is 37.3 Å². The smallest absolute Gasteiger partial charge is 0.208 e. The number of hydrogen-bond donors (Lipinski definition) is 1. The van der Waals surface area contributed by atoms with E-state index in [0.717, 1.165) is 46.5 Å². The van der Waals surface area contributed by atoms with E-state index in [4.69, 9.17) is 4.98 Å². The van der Waals surface area contributed by atoms with Crippen LogP contribution in [0.2, 0.25) is 0 Å². The molecule has 0 spiro atoms. The Morgan fingerprint density at radius 1 is 1.26 bits per heavy atom. The van der Waals surface area contributed by atoms with Crippen LogP contribution in [-0.2, 0) is 6.42 Å². The van der Waals surface area contributed by atoms with Gasteiger partial charge in [0.25, 0.3) is 0 Å². The zero-order valence-corrected chi connectivity index (χ0v) is 14.9. The Morgan fingerprint density at radius 2 is 2.09 bits per heavy atom. The summed E-state index contributed by atoms with van der Waals surface area (Å²) in [6, 6.07) is 6.24. The number of aromatic nitrogens is 4. The second kappa shape index (κ2) is 6.66. The lowest BCUT2D eigenvalue weighted by molar-refractivity contribution is 0.769. The lowest BCUT2D eigenvalue weighted by atomic mass is 10.2. The number of H-pyrrole nitrogens is 1. The minimum atomic E-state index is 0.429. The molecule has 0 aliphatic heterocycles. The van der Waals surface area contributed by atoms with Crippen LogP contribution in [-0.4, -0.2) is 33.3 Å². The van der Waals surface area contributed by atoms with Gasteiger partial charge in [-0.15, -0.1) is 10.2 Å². The molecule has 0 atom stereocenters. The Labute approximate surface area is 140 Å². The van der Waals surface area contributed by atoms with Gasteiger partial charge in [0.2, 0.25) is 5.13 Å². The van der Waals surface area contributed by atoms with Gasteiger partial charge < -0.3 is 9.88 Å². The molecule has 1 aromatic carbocycles. The van der Waals surface area contributed by atoms with Crippen LogP contribution >= 0.6 is 11.3 Å². The highest BCUT2D eigenvalue weighted by molar-refractivity contribution is 7.15. The fraction of sp³-hybridized carbons (Fsp3) is 0.471. The monoisotopic (exact) mass is 329 g/mol. The van der Waals surface area contributed by atoms with Gasteiger partial charge in [0.15, 0.2) is 0 Å². The molecule has 0 saturated heterocycles. The third-order valence-corrected chi connectivity index (χ3v) is 5.24. The van der Waals surface area contributed by atoms with Gasteiger partial charge in [0.1, 0.15) is 10.8 Å². The van der Waals surface area contributed by atoms with E-state index in [1.807, 2.05) is 0 Å². The van der Waals surface area contributed by atoms with Crippen molar-refractivity contribution < 1.29 is 0 Å². The van der Waals surface area contributed by atoms with Gasteiger partial charge in [-0.25, -0.2) is 4.98 Å². The van der Waals surface area contributed by atoms with Crippen LogP contribution in [0, 0.1) is 6.92 Å². The second-order valence-corrected chi connectivity index (χ2v) is 7.05. The Hall–Kier alpha value is -1.95. The molecule has 6 heteroatoms. The van der Waals surface area contributed by atoms with Crippen molar-refractivity contribution in [3.63, 3.8) is 0 Å². The standard InChI is InChI=1S/C17H23N5S/c1-5-22(17-21-20-16(23-17)11(2)3)10-9-14-18-13-8-6-7-12(4)15(13)19-14/h6-8,11H,5,9-10H2,1-4H3,(H,18,19). The van der Waals surface area contributed by atoms with Gasteiger partial charge in [-0.2, -0.15) is 0 Å². The lowest BCUT2D eigenvalue weighted by Gasteiger charge is -2.18. The number of anilines is 1. The first-order valence-corrected chi connectivity index (χ1v) is 8.92. The molecule has 2 heterocycles. The molecule has 0 unspecified atom stereocenters. The topological polar surface area (TPSA) is 57.7 Å². The maximum absolute atomic E-state index is 4.73. The Bertz CT molecular complexity index is 789. The van der Waals surface area contributed by atoms with E-state index in [1.54, 1.807) is 11.3 Å². The van der Waals surface area contributed by atoms with Crippen molar-refractivity contribution in [2.45, 2.75) is 40.0 Å². The molecule has 0 bridgehead atoms. The molecule has 2 aromatic heterocycles. The number of benzene rings is 1. The van der Waals surface area contributed by atoms with Crippen molar-refractivity contribution in [2.75, 3.05) is 18.0 Å². The highest BCUT2D eigenvalue weighted by atomic mass is 32.1. The van der Waals surface area contributed by atoms with Gasteiger partial charge >= 0.3 is 0 Å². The zero-order valence-electron chi connectivity index (χ0n) is 14.1. The van der Waals surface area contributed by atoms with E-state index in [-0.39, 0.29) is 0 Å². The molecule has 1 N–H and O–H groups in total. The second-order valence-electron chi connectivity index (χ2n) is 6.06. The Kier molecular flexibility index (Phi) is 4.61. The summed E-state index contributed by atoms with van der Waals surface area (Å²) >= 11 is 1.69. The fourth-order valence-electron chi connectivity index (χ4n) is 2.56. The molecule has 0 aliphatic rings. The molecule has 3 aromatic rings. The predicted octanol–water partition coefficient (Wildman–Crippen LogP) is 3.92. The molecular weight excluding hydrogens is 306 g/mol. The van der Waals surface area contributed by atoms with Gasteiger partial charge in [0, 0.05) is 25.4 Å². The van der Waals surface area contributed by atoms with Crippen molar-refractivity contribution in [3.8, 4) is 0 Å². The first kappa shape index (κ1) is 15.9. The van der Waals surface area contributed by atoms with Crippen LogP contribution in [0.4, 0.5) is 5.13 Å². The number of nitrogens with zero attached hydrogens (tertiary/aromatic N) is 4. The number of aromatic amines is 1. The van der Waals surface area contributed by atoms with Gasteiger partial charge in [-0.05, 0) is 25.5 Å². The first-order chi connectivity index (χ1) is 11.1. The van der Waals surface area contributed by atoms with Crippen LogP contribution in [0.15, 0.2) is 18.2 Å². The Morgan fingerprint density at radius 3 is 2.74 bits per heavy atom. The SMILES string of the molecule is CCN(CCc1nc2c(C)cccc2[nH]1)c1nnc(C(C)C)s1. The number of likely N-dealkylation sites (N-methyl/N-ethyl adjacent to an activating group) is 1. The third kappa shape index (κ3) is 3.37. The van der Waals surface area contributed by atoms with Crippen molar-refractivity contribution >= 4 is 27.5 Å². The number of aryl methyl sites for hydroxylation is 1. The number of hydrogen-bond acceptors (Lipinski definition) is 5. The molecule has 23 heavy (non-hydrogen) atoms. The average molecular weight is 329 g/mol. The minimum absolute atomic E-state index is 0.429. The lowest BCUT2D eigenvalue weighted by Crippen LogP contribution is -2.25. The summed E-state index contributed by atoms with van der Waals surface area (Å²) in [6.07, 6.45) is 0.874. The quantitative estimate of drug-likeness (QED) is 0.745. The average Bonchev–Trinajstić information content (AvgIpc) is 3.15.